The molecule has 3 rings (SSSR count). The lowest BCUT2D eigenvalue weighted by Crippen LogP contribution is -2.34. The number of halogens is 2. The molecule has 0 bridgehead atoms. The van der Waals surface area contributed by atoms with E-state index in [0.29, 0.717) is 12.1 Å². The number of hydrogen-bond donors (Lipinski definition) is 1. The molecule has 0 spiro atoms. The van der Waals surface area contributed by atoms with Crippen LogP contribution in [0.25, 0.3) is 0 Å². The molecule has 0 aromatic heterocycles. The van der Waals surface area contributed by atoms with Gasteiger partial charge in [0.2, 0.25) is 0 Å². The molecule has 0 saturated carbocycles. The molecular weight excluding hydrogens is 423 g/mol. The molecule has 1 aliphatic rings. The van der Waals surface area contributed by atoms with Gasteiger partial charge in [0.15, 0.2) is 0 Å². The number of carbonyl (C=O) groups excluding carboxylic acids is 1. The molecule has 1 amide bonds. The van der Waals surface area contributed by atoms with Gasteiger partial charge in [-0.2, -0.15) is 0 Å². The summed E-state index contributed by atoms with van der Waals surface area (Å²) in [6.07, 6.45) is 1.98. The zero-order chi connectivity index (χ0) is 20.3. The highest BCUT2D eigenvalue weighted by Gasteiger charge is 2.22. The van der Waals surface area contributed by atoms with Crippen LogP contribution >= 0.6 is 23.2 Å². The highest BCUT2D eigenvalue weighted by molar-refractivity contribution is 7.92. The number of anilines is 1. The number of amides is 1. The second-order valence-corrected chi connectivity index (χ2v) is 9.08. The monoisotopic (exact) mass is 442 g/mol. The van der Waals surface area contributed by atoms with Crippen molar-refractivity contribution in [2.45, 2.75) is 23.8 Å². The van der Waals surface area contributed by atoms with Crippen molar-refractivity contribution in [3.63, 3.8) is 0 Å². The van der Waals surface area contributed by atoms with Crippen LogP contribution in [0.5, 0.6) is 0 Å². The number of hydrogen-bond acceptors (Lipinski definition) is 4. The summed E-state index contributed by atoms with van der Waals surface area (Å²) in [7, 11) is -2.17. The number of benzene rings is 2. The van der Waals surface area contributed by atoms with Gasteiger partial charge in [-0.3, -0.25) is 9.52 Å². The molecule has 2 aromatic rings. The first-order valence-corrected chi connectivity index (χ1v) is 11.0. The van der Waals surface area contributed by atoms with Gasteiger partial charge in [-0.1, -0.05) is 29.3 Å². The van der Waals surface area contributed by atoms with Crippen LogP contribution in [0, 0.1) is 0 Å². The lowest BCUT2D eigenvalue weighted by atomic mass is 10.1. The predicted octanol–water partition coefficient (Wildman–Crippen LogP) is 4.05. The van der Waals surface area contributed by atoms with E-state index in [4.69, 9.17) is 27.9 Å². The Labute approximate surface area is 174 Å². The van der Waals surface area contributed by atoms with E-state index in [-0.39, 0.29) is 32.6 Å². The molecule has 1 saturated heterocycles. The molecule has 2 aromatic carbocycles. The number of nitrogens with zero attached hydrogens (tertiary/aromatic N) is 1. The third kappa shape index (κ3) is 4.97. The van der Waals surface area contributed by atoms with Crippen molar-refractivity contribution in [2.24, 2.45) is 0 Å². The minimum atomic E-state index is -3.87. The van der Waals surface area contributed by atoms with Crippen molar-refractivity contribution in [1.82, 2.24) is 4.90 Å². The zero-order valence-corrected chi connectivity index (χ0v) is 17.5. The topological polar surface area (TPSA) is 75.7 Å². The van der Waals surface area contributed by atoms with E-state index in [0.717, 1.165) is 19.4 Å². The SMILES string of the molecule is CN(CC1CCCO1)C(=O)c1cccc(NS(=O)(=O)c2ccc(Cl)c(Cl)c2)c1. The standard InChI is InChI=1S/C19H20Cl2N2O4S/c1-23(12-15-6-3-9-27-15)19(24)13-4-2-5-14(10-13)22-28(25,26)16-7-8-17(20)18(21)11-16/h2,4-5,7-8,10-11,15,22H,3,6,9,12H2,1H3. The quantitative estimate of drug-likeness (QED) is 0.731. The summed E-state index contributed by atoms with van der Waals surface area (Å²) in [5.41, 5.74) is 0.664. The molecule has 150 valence electrons. The van der Waals surface area contributed by atoms with E-state index in [1.54, 1.807) is 30.1 Å². The van der Waals surface area contributed by atoms with Crippen LogP contribution in [0.3, 0.4) is 0 Å². The first-order chi connectivity index (χ1) is 13.3. The Morgan fingerprint density at radius 3 is 2.68 bits per heavy atom. The van der Waals surface area contributed by atoms with Crippen molar-refractivity contribution in [3.05, 3.63) is 58.1 Å². The van der Waals surface area contributed by atoms with Crippen LogP contribution in [-0.2, 0) is 14.8 Å². The van der Waals surface area contributed by atoms with E-state index in [1.165, 1.54) is 24.3 Å². The summed E-state index contributed by atoms with van der Waals surface area (Å²) >= 11 is 11.7. The van der Waals surface area contributed by atoms with Crippen molar-refractivity contribution in [1.29, 1.82) is 0 Å². The van der Waals surface area contributed by atoms with Gasteiger partial charge >= 0.3 is 0 Å². The van der Waals surface area contributed by atoms with Crippen LogP contribution in [-0.4, -0.2) is 45.5 Å². The van der Waals surface area contributed by atoms with Gasteiger partial charge in [0, 0.05) is 31.5 Å². The Morgan fingerprint density at radius 1 is 1.21 bits per heavy atom. The van der Waals surface area contributed by atoms with Crippen LogP contribution in [0.2, 0.25) is 10.0 Å². The second kappa shape index (κ2) is 8.69. The summed E-state index contributed by atoms with van der Waals surface area (Å²) in [5, 5.41) is 0.409. The molecule has 1 aliphatic heterocycles. The third-order valence-electron chi connectivity index (χ3n) is 4.41. The van der Waals surface area contributed by atoms with Crippen molar-refractivity contribution < 1.29 is 17.9 Å². The number of nitrogens with one attached hydrogen (secondary N) is 1. The maximum absolute atomic E-state index is 12.7. The fraction of sp³-hybridized carbons (Fsp3) is 0.316. The van der Waals surface area contributed by atoms with Gasteiger partial charge in [-0.25, -0.2) is 8.42 Å². The maximum atomic E-state index is 12.7. The van der Waals surface area contributed by atoms with Crippen molar-refractivity contribution in [2.75, 3.05) is 24.9 Å². The molecule has 1 unspecified atom stereocenters. The molecule has 9 heteroatoms. The van der Waals surface area contributed by atoms with Gasteiger partial charge in [0.05, 0.1) is 21.0 Å². The lowest BCUT2D eigenvalue weighted by molar-refractivity contribution is 0.0587. The summed E-state index contributed by atoms with van der Waals surface area (Å²) in [4.78, 5) is 14.2. The smallest absolute Gasteiger partial charge is 0.261 e. The fourth-order valence-electron chi connectivity index (χ4n) is 2.97. The van der Waals surface area contributed by atoms with Gasteiger partial charge in [-0.15, -0.1) is 0 Å². The largest absolute Gasteiger partial charge is 0.376 e. The maximum Gasteiger partial charge on any atom is 0.261 e. The van der Waals surface area contributed by atoms with Gasteiger partial charge in [-0.05, 0) is 49.2 Å². The Hall–Kier alpha value is -1.80. The minimum absolute atomic E-state index is 0.0193. The predicted molar refractivity (Wildman–Crippen MR) is 110 cm³/mol. The van der Waals surface area contributed by atoms with E-state index in [2.05, 4.69) is 4.72 Å². The molecule has 0 aliphatic carbocycles. The van der Waals surface area contributed by atoms with Crippen LogP contribution in [0.1, 0.15) is 23.2 Å². The Kier molecular flexibility index (Phi) is 6.50. The Morgan fingerprint density at radius 2 is 2.00 bits per heavy atom. The number of likely N-dealkylation sites (N-methyl/N-ethyl adjacent to an activating group) is 1. The molecule has 0 radical (unpaired) electrons. The fourth-order valence-corrected chi connectivity index (χ4v) is 4.41. The highest BCUT2D eigenvalue weighted by Crippen LogP contribution is 2.26. The van der Waals surface area contributed by atoms with Gasteiger partial charge in [0.25, 0.3) is 15.9 Å². The molecule has 1 N–H and O–H groups in total. The summed E-state index contributed by atoms with van der Waals surface area (Å²) in [6, 6.07) is 10.4. The summed E-state index contributed by atoms with van der Waals surface area (Å²) in [5.74, 6) is -0.203. The number of sulfonamides is 1. The number of carbonyl (C=O) groups is 1. The van der Waals surface area contributed by atoms with Crippen LogP contribution in [0.15, 0.2) is 47.4 Å². The first kappa shape index (κ1) is 20.9. The third-order valence-corrected chi connectivity index (χ3v) is 6.53. The van der Waals surface area contributed by atoms with E-state index in [1.807, 2.05) is 0 Å². The minimum Gasteiger partial charge on any atom is -0.376 e. The van der Waals surface area contributed by atoms with Gasteiger partial charge in [0.1, 0.15) is 0 Å². The normalized spacial score (nSPS) is 16.8. The number of ether oxygens (including phenoxy) is 1. The average molecular weight is 443 g/mol. The molecule has 1 fully saturated rings. The highest BCUT2D eigenvalue weighted by atomic mass is 35.5. The molecule has 1 atom stereocenters. The zero-order valence-electron chi connectivity index (χ0n) is 15.2. The van der Waals surface area contributed by atoms with E-state index in [9.17, 15) is 13.2 Å². The van der Waals surface area contributed by atoms with Crippen molar-refractivity contribution in [3.8, 4) is 0 Å². The van der Waals surface area contributed by atoms with E-state index < -0.39 is 10.0 Å². The first-order valence-electron chi connectivity index (χ1n) is 8.71. The summed E-state index contributed by atoms with van der Waals surface area (Å²) in [6.45, 7) is 1.22. The number of rotatable bonds is 6. The molecule has 1 heterocycles. The average Bonchev–Trinajstić information content (AvgIpc) is 3.16. The molecular formula is C19H20Cl2N2O4S. The lowest BCUT2D eigenvalue weighted by Gasteiger charge is -2.21. The second-order valence-electron chi connectivity index (χ2n) is 6.58. The van der Waals surface area contributed by atoms with Crippen LogP contribution in [0.4, 0.5) is 5.69 Å². The summed E-state index contributed by atoms with van der Waals surface area (Å²) < 4.78 is 33.2. The Balaban J connectivity index is 1.75. The molecule has 6 nitrogen and oxygen atoms in total. The van der Waals surface area contributed by atoms with Gasteiger partial charge < -0.3 is 9.64 Å². The van der Waals surface area contributed by atoms with Crippen LogP contribution < -0.4 is 4.72 Å². The van der Waals surface area contributed by atoms with Crippen molar-refractivity contribution >= 4 is 44.8 Å². The Bertz CT molecular complexity index is 976. The van der Waals surface area contributed by atoms with E-state index >= 15 is 0 Å². The molecule has 28 heavy (non-hydrogen) atoms.